The lowest BCUT2D eigenvalue weighted by molar-refractivity contribution is 0.232. The number of hydrogen-bond acceptors (Lipinski definition) is 2. The molecule has 0 radical (unpaired) electrons. The number of nitrogens with two attached hydrogens (primary N) is 1. The minimum absolute atomic E-state index is 0.717. The molecule has 0 fully saturated rings. The van der Waals surface area contributed by atoms with Crippen LogP contribution in [0, 0.1) is 0 Å². The van der Waals surface area contributed by atoms with E-state index in [2.05, 4.69) is 39.6 Å². The van der Waals surface area contributed by atoms with E-state index in [9.17, 15) is 0 Å². The van der Waals surface area contributed by atoms with Gasteiger partial charge >= 0.3 is 0 Å². The summed E-state index contributed by atoms with van der Waals surface area (Å²) in [5, 5.41) is 0. The van der Waals surface area contributed by atoms with Gasteiger partial charge in [-0.2, -0.15) is 0 Å². The standard InChI is InChI=1S/C15H30N2/c1-6-8-15(9-7-2)17(5)12-14(4)13(3)10-11-16/h10-11,15H,6-9,12,16H2,1-5H3/b11-10-,14-13+. The SMILES string of the molecule is CCCC(CCC)N(C)C/C(C)=C(C)/C=C\N. The maximum atomic E-state index is 5.42. The molecule has 0 aromatic carbocycles. The summed E-state index contributed by atoms with van der Waals surface area (Å²) in [6, 6.07) is 0.717. The van der Waals surface area contributed by atoms with Gasteiger partial charge in [-0.1, -0.05) is 32.3 Å². The van der Waals surface area contributed by atoms with Gasteiger partial charge in [-0.05, 0) is 51.6 Å². The maximum Gasteiger partial charge on any atom is 0.0195 e. The van der Waals surface area contributed by atoms with E-state index in [4.69, 9.17) is 5.73 Å². The topological polar surface area (TPSA) is 29.3 Å². The third kappa shape index (κ3) is 6.52. The summed E-state index contributed by atoms with van der Waals surface area (Å²) in [5.41, 5.74) is 8.12. The van der Waals surface area contributed by atoms with Crippen molar-refractivity contribution >= 4 is 0 Å². The van der Waals surface area contributed by atoms with Crippen LogP contribution in [0.4, 0.5) is 0 Å². The lowest BCUT2D eigenvalue weighted by Crippen LogP contribution is -2.33. The van der Waals surface area contributed by atoms with Crippen molar-refractivity contribution in [1.29, 1.82) is 0 Å². The molecule has 0 aromatic rings. The number of nitrogens with zero attached hydrogens (tertiary/aromatic N) is 1. The summed E-state index contributed by atoms with van der Waals surface area (Å²) < 4.78 is 0. The Morgan fingerprint density at radius 3 is 2.12 bits per heavy atom. The average Bonchev–Trinajstić information content (AvgIpc) is 2.28. The van der Waals surface area contributed by atoms with Gasteiger partial charge in [0.25, 0.3) is 0 Å². The molecule has 2 heteroatoms. The molecule has 2 N–H and O–H groups in total. The third-order valence-electron chi connectivity index (χ3n) is 3.37. The molecule has 0 spiro atoms. The Morgan fingerprint density at radius 1 is 1.18 bits per heavy atom. The molecular formula is C15H30N2. The Kier molecular flexibility index (Phi) is 8.87. The van der Waals surface area contributed by atoms with Crippen molar-refractivity contribution in [2.24, 2.45) is 5.73 Å². The molecule has 0 heterocycles. The predicted molar refractivity (Wildman–Crippen MR) is 77.9 cm³/mol. The zero-order chi connectivity index (χ0) is 13.3. The zero-order valence-corrected chi connectivity index (χ0v) is 12.3. The van der Waals surface area contributed by atoms with Crippen molar-refractivity contribution in [1.82, 2.24) is 4.90 Å². The molecule has 2 nitrogen and oxygen atoms in total. The minimum Gasteiger partial charge on any atom is -0.405 e. The van der Waals surface area contributed by atoms with Gasteiger partial charge < -0.3 is 5.73 Å². The molecule has 17 heavy (non-hydrogen) atoms. The molecule has 0 aliphatic rings. The Morgan fingerprint density at radius 2 is 1.71 bits per heavy atom. The van der Waals surface area contributed by atoms with Gasteiger partial charge in [-0.25, -0.2) is 0 Å². The van der Waals surface area contributed by atoms with Crippen molar-refractivity contribution in [3.8, 4) is 0 Å². The highest BCUT2D eigenvalue weighted by molar-refractivity contribution is 5.22. The summed E-state index contributed by atoms with van der Waals surface area (Å²) in [6.45, 7) is 9.89. The highest BCUT2D eigenvalue weighted by Gasteiger charge is 2.13. The van der Waals surface area contributed by atoms with E-state index in [1.165, 1.54) is 36.8 Å². The Hall–Kier alpha value is -0.760. The largest absolute Gasteiger partial charge is 0.405 e. The van der Waals surface area contributed by atoms with Crippen LogP contribution in [-0.4, -0.2) is 24.5 Å². The average molecular weight is 238 g/mol. The van der Waals surface area contributed by atoms with E-state index in [0.717, 1.165) is 12.6 Å². The van der Waals surface area contributed by atoms with Gasteiger partial charge in [0.2, 0.25) is 0 Å². The number of rotatable bonds is 8. The maximum absolute atomic E-state index is 5.42. The molecule has 0 unspecified atom stereocenters. The van der Waals surface area contributed by atoms with Crippen LogP contribution in [0.25, 0.3) is 0 Å². The Bertz CT molecular complexity index is 248. The molecule has 0 aliphatic carbocycles. The van der Waals surface area contributed by atoms with Gasteiger partial charge in [-0.3, -0.25) is 4.90 Å². The first kappa shape index (κ1) is 16.2. The van der Waals surface area contributed by atoms with Crippen molar-refractivity contribution in [3.05, 3.63) is 23.4 Å². The second-order valence-electron chi connectivity index (χ2n) is 4.97. The molecule has 0 bridgehead atoms. The van der Waals surface area contributed by atoms with Crippen LogP contribution in [0.3, 0.4) is 0 Å². The summed E-state index contributed by atoms with van der Waals surface area (Å²) in [4.78, 5) is 2.48. The first-order chi connectivity index (χ1) is 8.06. The second-order valence-corrected chi connectivity index (χ2v) is 4.97. The van der Waals surface area contributed by atoms with Crippen LogP contribution in [0.15, 0.2) is 23.4 Å². The van der Waals surface area contributed by atoms with Gasteiger partial charge in [0.15, 0.2) is 0 Å². The first-order valence-electron chi connectivity index (χ1n) is 6.81. The molecule has 0 atom stereocenters. The lowest BCUT2D eigenvalue weighted by Gasteiger charge is -2.28. The molecule has 0 aromatic heterocycles. The van der Waals surface area contributed by atoms with Crippen LogP contribution in [-0.2, 0) is 0 Å². The van der Waals surface area contributed by atoms with Crippen LogP contribution in [0.1, 0.15) is 53.4 Å². The molecule has 0 amide bonds. The van der Waals surface area contributed by atoms with Gasteiger partial charge in [0, 0.05) is 12.6 Å². The summed E-state index contributed by atoms with van der Waals surface area (Å²) in [6.07, 6.45) is 8.72. The highest BCUT2D eigenvalue weighted by Crippen LogP contribution is 2.14. The van der Waals surface area contributed by atoms with Gasteiger partial charge in [0.1, 0.15) is 0 Å². The predicted octanol–water partition coefficient (Wildman–Crippen LogP) is 3.70. The van der Waals surface area contributed by atoms with Crippen molar-refractivity contribution in [2.45, 2.75) is 59.4 Å². The van der Waals surface area contributed by atoms with Crippen LogP contribution in [0.5, 0.6) is 0 Å². The van der Waals surface area contributed by atoms with Crippen molar-refractivity contribution < 1.29 is 0 Å². The highest BCUT2D eigenvalue weighted by atomic mass is 15.1. The van der Waals surface area contributed by atoms with E-state index >= 15 is 0 Å². The fraction of sp³-hybridized carbons (Fsp3) is 0.733. The van der Waals surface area contributed by atoms with E-state index in [0.29, 0.717) is 0 Å². The smallest absolute Gasteiger partial charge is 0.0195 e. The van der Waals surface area contributed by atoms with Crippen molar-refractivity contribution in [3.63, 3.8) is 0 Å². The fourth-order valence-electron chi connectivity index (χ4n) is 2.17. The molecule has 0 saturated heterocycles. The van der Waals surface area contributed by atoms with E-state index in [1.54, 1.807) is 6.20 Å². The van der Waals surface area contributed by atoms with Gasteiger partial charge in [0.05, 0.1) is 0 Å². The summed E-state index contributed by atoms with van der Waals surface area (Å²) in [7, 11) is 2.24. The summed E-state index contributed by atoms with van der Waals surface area (Å²) in [5.74, 6) is 0. The number of likely N-dealkylation sites (N-methyl/N-ethyl adjacent to an activating group) is 1. The molecule has 0 aliphatic heterocycles. The third-order valence-corrected chi connectivity index (χ3v) is 3.37. The van der Waals surface area contributed by atoms with Crippen LogP contribution < -0.4 is 5.73 Å². The molecule has 0 saturated carbocycles. The van der Waals surface area contributed by atoms with E-state index in [1.807, 2.05) is 6.08 Å². The first-order valence-corrected chi connectivity index (χ1v) is 6.81. The molecule has 100 valence electrons. The van der Waals surface area contributed by atoms with Gasteiger partial charge in [-0.15, -0.1) is 0 Å². The van der Waals surface area contributed by atoms with Crippen LogP contribution >= 0.6 is 0 Å². The number of hydrogen-bond donors (Lipinski definition) is 1. The lowest BCUT2D eigenvalue weighted by atomic mass is 10.0. The number of allylic oxidation sites excluding steroid dienone is 2. The van der Waals surface area contributed by atoms with Crippen molar-refractivity contribution in [2.75, 3.05) is 13.6 Å². The van der Waals surface area contributed by atoms with E-state index < -0.39 is 0 Å². The Labute approximate surface area is 108 Å². The molecule has 0 rings (SSSR count). The second kappa shape index (κ2) is 9.29. The van der Waals surface area contributed by atoms with E-state index in [-0.39, 0.29) is 0 Å². The molecular weight excluding hydrogens is 208 g/mol. The monoisotopic (exact) mass is 238 g/mol. The Balaban J connectivity index is 4.47. The quantitative estimate of drug-likeness (QED) is 0.653. The normalized spacial score (nSPS) is 13.8. The summed E-state index contributed by atoms with van der Waals surface area (Å²) >= 11 is 0. The van der Waals surface area contributed by atoms with Crippen LogP contribution in [0.2, 0.25) is 0 Å². The minimum atomic E-state index is 0.717. The fourth-order valence-corrected chi connectivity index (χ4v) is 2.17. The zero-order valence-electron chi connectivity index (χ0n) is 12.3.